The number of ether oxygens (including phenoxy) is 1. The summed E-state index contributed by atoms with van der Waals surface area (Å²) in [4.78, 5) is 53.8. The minimum Gasteiger partial charge on any atom is -0.465 e. The largest absolute Gasteiger partial charge is 0.465 e. The van der Waals surface area contributed by atoms with E-state index < -0.39 is 23.0 Å². The molecule has 4 aromatic carbocycles. The van der Waals surface area contributed by atoms with E-state index >= 15 is 0 Å². The number of thiophene rings is 1. The van der Waals surface area contributed by atoms with E-state index in [2.05, 4.69) is 16.0 Å². The molecule has 0 bridgehead atoms. The summed E-state index contributed by atoms with van der Waals surface area (Å²) < 4.78 is 5.02. The Balaban J connectivity index is 1.39. The van der Waals surface area contributed by atoms with Crippen LogP contribution in [0.4, 0.5) is 16.4 Å². The molecule has 1 atom stereocenters. The van der Waals surface area contributed by atoms with Gasteiger partial charge in [-0.1, -0.05) is 84.9 Å². The summed E-state index contributed by atoms with van der Waals surface area (Å²) in [6.07, 6.45) is 0.237. The van der Waals surface area contributed by atoms with Crippen molar-refractivity contribution in [3.8, 4) is 0 Å². The van der Waals surface area contributed by atoms with Crippen molar-refractivity contribution in [1.29, 1.82) is 0 Å². The van der Waals surface area contributed by atoms with Crippen molar-refractivity contribution in [3.63, 3.8) is 0 Å². The minimum absolute atomic E-state index is 0.124. The highest BCUT2D eigenvalue weighted by atomic mass is 32.2. The van der Waals surface area contributed by atoms with Crippen LogP contribution >= 0.6 is 23.1 Å². The number of hydrogen-bond donors (Lipinski definition) is 3. The maximum Gasteiger partial charge on any atom is 0.341 e. The summed E-state index contributed by atoms with van der Waals surface area (Å²) in [7, 11) is 1.25. The van der Waals surface area contributed by atoms with Gasteiger partial charge in [0.15, 0.2) is 0 Å². The Labute approximate surface area is 275 Å². The summed E-state index contributed by atoms with van der Waals surface area (Å²) in [5, 5.41) is 8.17. The highest BCUT2D eigenvalue weighted by Gasteiger charge is 2.29. The molecule has 0 aliphatic carbocycles. The van der Waals surface area contributed by atoms with E-state index in [0.29, 0.717) is 16.9 Å². The van der Waals surface area contributed by atoms with Crippen molar-refractivity contribution in [1.82, 2.24) is 0 Å². The van der Waals surface area contributed by atoms with Crippen molar-refractivity contribution >= 4 is 63.2 Å². The molecule has 232 valence electrons. The molecular formula is C36H31N3O5S2. The molecule has 8 nitrogen and oxygen atoms in total. The SMILES string of the molecule is COC(=O)c1c(NC(=O)C(Sc2cccc(NC(=O)Cc3ccccc3)c2)c2ccccc2)sc(C(=O)Nc2ccccc2)c1C. The Morgan fingerprint density at radius 3 is 2.07 bits per heavy atom. The van der Waals surface area contributed by atoms with E-state index in [4.69, 9.17) is 4.74 Å². The van der Waals surface area contributed by atoms with Crippen molar-refractivity contribution in [2.75, 3.05) is 23.1 Å². The van der Waals surface area contributed by atoms with Crippen molar-refractivity contribution in [2.24, 2.45) is 0 Å². The van der Waals surface area contributed by atoms with E-state index in [0.717, 1.165) is 27.4 Å². The van der Waals surface area contributed by atoms with Crippen LogP contribution in [-0.2, 0) is 20.7 Å². The molecule has 5 aromatic rings. The van der Waals surface area contributed by atoms with Gasteiger partial charge in [0.25, 0.3) is 5.91 Å². The maximum absolute atomic E-state index is 14.0. The Morgan fingerprint density at radius 1 is 0.761 bits per heavy atom. The number of carbonyl (C=O) groups is 4. The molecule has 0 radical (unpaired) electrons. The maximum atomic E-state index is 14.0. The second-order valence-electron chi connectivity index (χ2n) is 10.2. The quantitative estimate of drug-likeness (QED) is 0.0996. The molecule has 0 aliphatic rings. The molecule has 0 fully saturated rings. The molecule has 1 unspecified atom stereocenters. The van der Waals surface area contributed by atoms with Crippen LogP contribution < -0.4 is 16.0 Å². The predicted molar refractivity (Wildman–Crippen MR) is 184 cm³/mol. The van der Waals surface area contributed by atoms with Gasteiger partial charge >= 0.3 is 5.97 Å². The van der Waals surface area contributed by atoms with Crippen LogP contribution in [0.3, 0.4) is 0 Å². The normalized spacial score (nSPS) is 11.3. The molecule has 3 amide bonds. The van der Waals surface area contributed by atoms with Gasteiger partial charge in [-0.15, -0.1) is 23.1 Å². The van der Waals surface area contributed by atoms with Gasteiger partial charge in [0.05, 0.1) is 24.0 Å². The lowest BCUT2D eigenvalue weighted by Crippen LogP contribution is -2.20. The first kappa shape index (κ1) is 32.2. The van der Waals surface area contributed by atoms with Crippen LogP contribution in [0.1, 0.15) is 42.0 Å². The van der Waals surface area contributed by atoms with Crippen LogP contribution in [-0.4, -0.2) is 30.8 Å². The summed E-state index contributed by atoms with van der Waals surface area (Å²) in [6, 6.07) is 35.0. The van der Waals surface area contributed by atoms with Gasteiger partial charge in [-0.25, -0.2) is 4.79 Å². The molecular weight excluding hydrogens is 619 g/mol. The zero-order valence-corrected chi connectivity index (χ0v) is 26.7. The van der Waals surface area contributed by atoms with E-state index in [1.807, 2.05) is 84.9 Å². The van der Waals surface area contributed by atoms with Gasteiger partial charge in [-0.05, 0) is 53.9 Å². The monoisotopic (exact) mass is 649 g/mol. The minimum atomic E-state index is -0.731. The first-order valence-electron chi connectivity index (χ1n) is 14.4. The lowest BCUT2D eigenvalue weighted by molar-refractivity contribution is -0.116. The summed E-state index contributed by atoms with van der Waals surface area (Å²) in [5.74, 6) is -1.61. The van der Waals surface area contributed by atoms with Crippen LogP contribution in [0.25, 0.3) is 0 Å². The number of anilines is 3. The van der Waals surface area contributed by atoms with E-state index in [1.54, 1.807) is 37.3 Å². The number of thioether (sulfide) groups is 1. The van der Waals surface area contributed by atoms with Gasteiger partial charge < -0.3 is 20.7 Å². The summed E-state index contributed by atoms with van der Waals surface area (Å²) >= 11 is 2.31. The van der Waals surface area contributed by atoms with E-state index in [1.165, 1.54) is 18.9 Å². The average molecular weight is 650 g/mol. The van der Waals surface area contributed by atoms with Crippen LogP contribution in [0.15, 0.2) is 120 Å². The Morgan fingerprint density at radius 2 is 1.39 bits per heavy atom. The number of benzene rings is 4. The second kappa shape index (κ2) is 15.2. The molecule has 1 heterocycles. The fraction of sp³-hybridized carbons (Fsp3) is 0.111. The number of methoxy groups -OCH3 is 1. The number of carbonyl (C=O) groups excluding carboxylic acids is 4. The molecule has 5 rings (SSSR count). The first-order valence-corrected chi connectivity index (χ1v) is 16.1. The third-order valence-corrected chi connectivity index (χ3v) is 9.38. The first-order chi connectivity index (χ1) is 22.3. The van der Waals surface area contributed by atoms with Crippen molar-refractivity contribution in [2.45, 2.75) is 23.5 Å². The highest BCUT2D eigenvalue weighted by molar-refractivity contribution is 8.00. The smallest absolute Gasteiger partial charge is 0.341 e. The third kappa shape index (κ3) is 8.09. The van der Waals surface area contributed by atoms with E-state index in [9.17, 15) is 19.2 Å². The number of hydrogen-bond acceptors (Lipinski definition) is 7. The predicted octanol–water partition coefficient (Wildman–Crippen LogP) is 7.75. The number of esters is 1. The van der Waals surface area contributed by atoms with Crippen molar-refractivity contribution < 1.29 is 23.9 Å². The lowest BCUT2D eigenvalue weighted by atomic mass is 10.1. The fourth-order valence-corrected chi connectivity index (χ4v) is 6.90. The van der Waals surface area contributed by atoms with Gasteiger partial charge in [-0.3, -0.25) is 14.4 Å². The molecule has 3 N–H and O–H groups in total. The summed E-state index contributed by atoms with van der Waals surface area (Å²) in [5.41, 5.74) is 3.38. The molecule has 0 aliphatic heterocycles. The number of para-hydroxylation sites is 1. The lowest BCUT2D eigenvalue weighted by Gasteiger charge is -2.18. The Kier molecular flexibility index (Phi) is 10.6. The fourth-order valence-electron chi connectivity index (χ4n) is 4.72. The average Bonchev–Trinajstić information content (AvgIpc) is 3.39. The molecule has 0 spiro atoms. The van der Waals surface area contributed by atoms with Gasteiger partial charge in [-0.2, -0.15) is 0 Å². The van der Waals surface area contributed by atoms with Gasteiger partial charge in [0, 0.05) is 16.3 Å². The molecule has 46 heavy (non-hydrogen) atoms. The van der Waals surface area contributed by atoms with Gasteiger partial charge in [0.1, 0.15) is 10.3 Å². The molecule has 0 saturated heterocycles. The summed E-state index contributed by atoms with van der Waals surface area (Å²) in [6.45, 7) is 1.65. The zero-order chi connectivity index (χ0) is 32.5. The van der Waals surface area contributed by atoms with Crippen LogP contribution in [0, 0.1) is 6.92 Å². The highest BCUT2D eigenvalue weighted by Crippen LogP contribution is 2.40. The second-order valence-corrected chi connectivity index (χ2v) is 12.4. The number of nitrogens with one attached hydrogen (secondary N) is 3. The zero-order valence-electron chi connectivity index (χ0n) is 25.1. The van der Waals surface area contributed by atoms with Gasteiger partial charge in [0.2, 0.25) is 11.8 Å². The Hall–Kier alpha value is -5.19. The van der Waals surface area contributed by atoms with Crippen LogP contribution in [0.5, 0.6) is 0 Å². The molecule has 10 heteroatoms. The number of amides is 3. The molecule has 0 saturated carbocycles. The third-order valence-electron chi connectivity index (χ3n) is 6.93. The van der Waals surface area contributed by atoms with Crippen LogP contribution in [0.2, 0.25) is 0 Å². The van der Waals surface area contributed by atoms with Crippen molar-refractivity contribution in [3.05, 3.63) is 142 Å². The molecule has 1 aromatic heterocycles. The topological polar surface area (TPSA) is 114 Å². The standard InChI is InChI=1S/C36H31N3O5S2/c1-23-30(36(43)44-2)35(46-31(23)33(41)38-26-17-10-5-11-18-26)39-34(42)32(25-15-8-4-9-16-25)45-28-20-12-19-27(22-28)37-29(40)21-24-13-6-3-7-14-24/h3-20,22,32H,21H2,1-2H3,(H,37,40)(H,38,41)(H,39,42). The number of rotatable bonds is 11. The Bertz CT molecular complexity index is 1840. The van der Waals surface area contributed by atoms with E-state index in [-0.39, 0.29) is 27.8 Å².